The van der Waals surface area contributed by atoms with Gasteiger partial charge >= 0.3 is 18.6 Å². The third kappa shape index (κ3) is 7.09. The van der Waals surface area contributed by atoms with Gasteiger partial charge in [-0.05, 0) is 30.7 Å². The molecule has 0 aliphatic carbocycles. The lowest BCUT2D eigenvalue weighted by Crippen LogP contribution is -2.58. The number of carbonyl (C=O) groups is 1. The lowest BCUT2D eigenvalue weighted by molar-refractivity contribution is -0.325. The Morgan fingerprint density at radius 1 is 1.26 bits per heavy atom. The Balaban J connectivity index is 1.51. The first-order valence-corrected chi connectivity index (χ1v) is 12.4. The van der Waals surface area contributed by atoms with E-state index in [0.717, 1.165) is 18.2 Å². The molecule has 8 nitrogen and oxygen atoms in total. The molecular weight excluding hydrogens is 529 g/mol. The average Bonchev–Trinajstić information content (AvgIpc) is 3.21. The van der Waals surface area contributed by atoms with Crippen LogP contribution in [0.15, 0.2) is 22.6 Å². The Morgan fingerprint density at radius 3 is 2.59 bits per heavy atom. The maximum atomic E-state index is 12.8. The number of carbonyl (C=O) groups excluding carboxylic acids is 1. The van der Waals surface area contributed by atoms with Crippen LogP contribution in [0.3, 0.4) is 0 Å². The molecule has 3 radical (unpaired) electrons. The van der Waals surface area contributed by atoms with Gasteiger partial charge in [-0.25, -0.2) is 0 Å². The molecule has 1 fully saturated rings. The van der Waals surface area contributed by atoms with Gasteiger partial charge in [0.25, 0.3) is 0 Å². The van der Waals surface area contributed by atoms with Gasteiger partial charge in [0.1, 0.15) is 6.61 Å². The minimum atomic E-state index is -4.77. The van der Waals surface area contributed by atoms with Crippen LogP contribution in [0, 0.1) is 0 Å². The lowest BCUT2D eigenvalue weighted by atomic mass is 10.1. The van der Waals surface area contributed by atoms with Crippen molar-refractivity contribution >= 4 is 42.8 Å². The van der Waals surface area contributed by atoms with Crippen molar-refractivity contribution in [2.24, 2.45) is 0 Å². The Kier molecular flexibility index (Phi) is 8.21. The Labute approximate surface area is 203 Å². The monoisotopic (exact) mass is 543 g/mol. The van der Waals surface area contributed by atoms with Crippen LogP contribution < -0.4 is 15.0 Å². The first-order valence-electron chi connectivity index (χ1n) is 9.51. The number of nitrogens with zero attached hydrogens (tertiary/aromatic N) is 2. The quantitative estimate of drug-likeness (QED) is 0.315. The van der Waals surface area contributed by atoms with Crippen molar-refractivity contribution in [3.8, 4) is 6.08 Å². The van der Waals surface area contributed by atoms with E-state index in [1.54, 1.807) is 0 Å². The summed E-state index contributed by atoms with van der Waals surface area (Å²) in [5.74, 6) is -0.428. The van der Waals surface area contributed by atoms with E-state index in [-0.39, 0.29) is 17.5 Å². The summed E-state index contributed by atoms with van der Waals surface area (Å²) in [5, 5.41) is 10.1. The normalized spacial score (nSPS) is 19.7. The van der Waals surface area contributed by atoms with E-state index in [1.807, 2.05) is 0 Å². The number of ether oxygens (including phenoxy) is 2. The molecule has 0 spiro atoms. The topological polar surface area (TPSA) is 98.5 Å². The van der Waals surface area contributed by atoms with E-state index < -0.39 is 55.6 Å². The standard InChI is InChI=1S/C17H15ClF6N4O4Si.Al/c18-11-7-9(1-2-10(11)16(19,20)21)13(29)28-33-6-3-12(25-8-33)14-26-27-15(32-14)30-4-5-31-17(22,23)24;/h1-2,7,25H,3-6,8H2,(H,28,29);. The first kappa shape index (κ1) is 26.8. The van der Waals surface area contributed by atoms with Crippen LogP contribution >= 0.6 is 11.6 Å². The summed E-state index contributed by atoms with van der Waals surface area (Å²) < 4.78 is 87.4. The summed E-state index contributed by atoms with van der Waals surface area (Å²) in [6.07, 6.45) is -8.93. The fourth-order valence-corrected chi connectivity index (χ4v) is 6.16. The molecule has 1 aliphatic heterocycles. The van der Waals surface area contributed by atoms with Crippen LogP contribution in [0.5, 0.6) is 6.08 Å². The number of benzene rings is 1. The number of halogens is 7. The van der Waals surface area contributed by atoms with Crippen molar-refractivity contribution in [3.05, 3.63) is 40.2 Å². The van der Waals surface area contributed by atoms with Crippen LogP contribution in [0.1, 0.15) is 28.2 Å². The maximum absolute atomic E-state index is 12.8. The first-order chi connectivity index (χ1) is 15.8. The second-order valence-electron chi connectivity index (χ2n) is 7.09. The molecule has 1 aromatic carbocycles. The van der Waals surface area contributed by atoms with Crippen LogP contribution in [0.2, 0.25) is 11.1 Å². The van der Waals surface area contributed by atoms with Gasteiger partial charge < -0.3 is 19.5 Å². The van der Waals surface area contributed by atoms with E-state index in [2.05, 4.69) is 41.5 Å². The molecule has 1 amide bonds. The largest absolute Gasteiger partial charge is 0.522 e. The molecule has 1 atom stereocenters. The molecule has 34 heavy (non-hydrogen) atoms. The van der Waals surface area contributed by atoms with Crippen molar-refractivity contribution in [3.63, 3.8) is 0 Å². The summed E-state index contributed by atoms with van der Waals surface area (Å²) in [5.41, 5.74) is -1.02. The number of rotatable bonds is 7. The minimum Gasteiger partial charge on any atom is -0.447 e. The number of amides is 1. The van der Waals surface area contributed by atoms with Gasteiger partial charge in [0, 0.05) is 16.1 Å². The molecule has 1 aliphatic rings. The van der Waals surface area contributed by atoms with Crippen LogP contribution in [0.25, 0.3) is 0 Å². The highest BCUT2D eigenvalue weighted by atomic mass is 35.5. The smallest absolute Gasteiger partial charge is 0.447 e. The molecule has 0 bridgehead atoms. The predicted molar refractivity (Wildman–Crippen MR) is 106 cm³/mol. The fourth-order valence-electron chi connectivity index (χ4n) is 2.93. The predicted octanol–water partition coefficient (Wildman–Crippen LogP) is 2.93. The van der Waals surface area contributed by atoms with Crippen LogP contribution in [-0.4, -0.2) is 67.1 Å². The summed E-state index contributed by atoms with van der Waals surface area (Å²) in [6, 6.07) is 3.33. The SMILES string of the molecule is O=C(N[Si]1CC[C@]([Al])(c2nnc(OCCOC(F)(F)F)o2)NC1)c1ccc(C(F)(F)F)c(Cl)c1. The zero-order valence-corrected chi connectivity index (χ0v) is 19.9. The molecule has 1 aromatic heterocycles. The number of aromatic nitrogens is 2. The third-order valence-electron chi connectivity index (χ3n) is 4.63. The summed E-state index contributed by atoms with van der Waals surface area (Å²) in [6.45, 7) is -1.20. The second-order valence-corrected chi connectivity index (χ2v) is 10.8. The van der Waals surface area contributed by atoms with Crippen molar-refractivity contribution in [2.75, 3.05) is 19.4 Å². The van der Waals surface area contributed by atoms with Gasteiger partial charge in [0.15, 0.2) is 25.2 Å². The molecule has 2 aromatic rings. The van der Waals surface area contributed by atoms with Gasteiger partial charge in [-0.15, -0.1) is 18.3 Å². The number of nitrogens with one attached hydrogen (secondary N) is 2. The molecule has 17 heteroatoms. The fraction of sp³-hybridized carbons (Fsp3) is 0.471. The molecule has 0 unspecified atom stereocenters. The molecule has 2 heterocycles. The van der Waals surface area contributed by atoms with E-state index in [0.29, 0.717) is 18.6 Å². The van der Waals surface area contributed by atoms with Gasteiger partial charge in [-0.2, -0.15) is 13.2 Å². The lowest BCUT2D eigenvalue weighted by Gasteiger charge is -2.36. The molecular formula is C17H15AlClF6N4O4Si. The van der Waals surface area contributed by atoms with Crippen molar-refractivity contribution in [1.82, 2.24) is 20.5 Å². The molecule has 3 rings (SSSR count). The molecule has 0 saturated carbocycles. The van der Waals surface area contributed by atoms with Gasteiger partial charge in [0.05, 0.1) is 17.2 Å². The maximum Gasteiger partial charge on any atom is 0.522 e. The molecule has 1 saturated heterocycles. The second kappa shape index (κ2) is 10.4. The van der Waals surface area contributed by atoms with Crippen molar-refractivity contribution in [2.45, 2.75) is 29.4 Å². The van der Waals surface area contributed by atoms with Gasteiger partial charge in [-0.3, -0.25) is 9.53 Å². The molecule has 2 N–H and O–H groups in total. The van der Waals surface area contributed by atoms with Crippen molar-refractivity contribution < 1.29 is 45.0 Å². The van der Waals surface area contributed by atoms with E-state index >= 15 is 0 Å². The third-order valence-corrected chi connectivity index (χ3v) is 7.72. The Bertz CT molecular complexity index is 1020. The van der Waals surface area contributed by atoms with Crippen LogP contribution in [-0.2, 0) is 15.3 Å². The highest BCUT2D eigenvalue weighted by Gasteiger charge is 2.38. The zero-order chi connectivity index (χ0) is 25.1. The number of hydrogen-bond donors (Lipinski definition) is 2. The minimum absolute atomic E-state index is 0.00593. The van der Waals surface area contributed by atoms with E-state index in [4.69, 9.17) is 20.8 Å². The van der Waals surface area contributed by atoms with Crippen LogP contribution in [0.4, 0.5) is 26.3 Å². The van der Waals surface area contributed by atoms with Gasteiger partial charge in [0.2, 0.25) is 11.8 Å². The Hall–Kier alpha value is -1.83. The van der Waals surface area contributed by atoms with Gasteiger partial charge in [-0.1, -0.05) is 16.7 Å². The Morgan fingerprint density at radius 2 is 2.00 bits per heavy atom. The highest BCUT2D eigenvalue weighted by molar-refractivity contribution is 6.60. The average molecular weight is 544 g/mol. The molecule has 183 valence electrons. The summed E-state index contributed by atoms with van der Waals surface area (Å²) in [4.78, 5) is 15.3. The highest BCUT2D eigenvalue weighted by Crippen LogP contribution is 2.35. The number of hydrogen-bond acceptors (Lipinski definition) is 7. The zero-order valence-electron chi connectivity index (χ0n) is 17.0. The number of alkyl halides is 6. The summed E-state index contributed by atoms with van der Waals surface area (Å²) in [7, 11) is -1.48. The van der Waals surface area contributed by atoms with E-state index in [1.165, 1.54) is 0 Å². The van der Waals surface area contributed by atoms with Crippen molar-refractivity contribution in [1.29, 1.82) is 0 Å². The van der Waals surface area contributed by atoms with E-state index in [9.17, 15) is 31.1 Å². The summed E-state index contributed by atoms with van der Waals surface area (Å²) >= 11 is 8.18.